The van der Waals surface area contributed by atoms with E-state index < -0.39 is 5.60 Å². The Morgan fingerprint density at radius 3 is 2.36 bits per heavy atom. The van der Waals surface area contributed by atoms with Crippen molar-refractivity contribution < 1.29 is 5.11 Å². The van der Waals surface area contributed by atoms with Gasteiger partial charge in [-0.2, -0.15) is 0 Å². The van der Waals surface area contributed by atoms with Crippen LogP contribution in [0.2, 0.25) is 0 Å². The van der Waals surface area contributed by atoms with Gasteiger partial charge in [0.15, 0.2) is 0 Å². The van der Waals surface area contributed by atoms with Crippen molar-refractivity contribution in [3.63, 3.8) is 0 Å². The molecule has 0 radical (unpaired) electrons. The maximum absolute atomic E-state index is 9.89. The zero-order valence-corrected chi connectivity index (χ0v) is 10.4. The number of hydrogen-bond donors (Lipinski definition) is 1. The van der Waals surface area contributed by atoms with Crippen LogP contribution in [0.25, 0.3) is 0 Å². The Kier molecular flexibility index (Phi) is 3.32. The molecule has 0 spiro atoms. The fraction of sp³-hybridized carbons (Fsp3) is 0.727. The fourth-order valence-electron chi connectivity index (χ4n) is 1.46. The van der Waals surface area contributed by atoms with Crippen molar-refractivity contribution in [3.8, 4) is 0 Å². The van der Waals surface area contributed by atoms with Crippen molar-refractivity contribution in [2.75, 3.05) is 0 Å². The smallest absolute Gasteiger partial charge is 0.0950 e. The summed E-state index contributed by atoms with van der Waals surface area (Å²) in [4.78, 5) is 5.47. The van der Waals surface area contributed by atoms with Gasteiger partial charge in [0.2, 0.25) is 0 Å². The third-order valence-electron chi connectivity index (χ3n) is 1.98. The Morgan fingerprint density at radius 1 is 1.43 bits per heavy atom. The Bertz CT molecular complexity index is 310. The Hall–Kier alpha value is -0.410. The molecule has 0 aliphatic heterocycles. The molecule has 1 heterocycles. The summed E-state index contributed by atoms with van der Waals surface area (Å²) in [5, 5.41) is 11.0. The van der Waals surface area contributed by atoms with Crippen LogP contribution >= 0.6 is 11.3 Å². The highest BCUT2D eigenvalue weighted by atomic mass is 32.1. The van der Waals surface area contributed by atoms with Crippen LogP contribution in [0.1, 0.15) is 43.3 Å². The van der Waals surface area contributed by atoms with Crippen molar-refractivity contribution in [1.29, 1.82) is 0 Å². The molecule has 1 N–H and O–H groups in total. The zero-order chi connectivity index (χ0) is 10.9. The average Bonchev–Trinajstić information content (AvgIpc) is 2.27. The largest absolute Gasteiger partial charge is 0.385 e. The van der Waals surface area contributed by atoms with Gasteiger partial charge in [0.1, 0.15) is 0 Å². The quantitative estimate of drug-likeness (QED) is 0.837. The molecule has 1 rings (SSSR count). The lowest BCUT2D eigenvalue weighted by Gasteiger charge is -2.15. The van der Waals surface area contributed by atoms with Gasteiger partial charge in [-0.1, -0.05) is 13.8 Å². The van der Waals surface area contributed by atoms with Crippen molar-refractivity contribution in [3.05, 3.63) is 15.6 Å². The molecule has 2 nitrogen and oxygen atoms in total. The second kappa shape index (κ2) is 3.99. The minimum Gasteiger partial charge on any atom is -0.385 e. The number of aliphatic hydroxyl groups is 1. The Balaban J connectivity index is 2.94. The SMILES string of the molecule is Cc1nc(CC(C)C)sc1C(C)(C)O. The van der Waals surface area contributed by atoms with Crippen LogP contribution in [0.15, 0.2) is 0 Å². The molecule has 3 heteroatoms. The summed E-state index contributed by atoms with van der Waals surface area (Å²) < 4.78 is 0. The molecule has 0 atom stereocenters. The number of aryl methyl sites for hydroxylation is 1. The van der Waals surface area contributed by atoms with Crippen LogP contribution in [0, 0.1) is 12.8 Å². The van der Waals surface area contributed by atoms with Crippen molar-refractivity contribution in [2.24, 2.45) is 5.92 Å². The molecule has 0 unspecified atom stereocenters. The van der Waals surface area contributed by atoms with Crippen LogP contribution in [0.4, 0.5) is 0 Å². The number of thiazole rings is 1. The van der Waals surface area contributed by atoms with Crippen molar-refractivity contribution in [2.45, 2.75) is 46.6 Å². The first kappa shape index (κ1) is 11.7. The molecule has 0 aliphatic carbocycles. The van der Waals surface area contributed by atoms with Gasteiger partial charge in [-0.3, -0.25) is 0 Å². The molecule has 0 amide bonds. The monoisotopic (exact) mass is 213 g/mol. The second-order valence-electron chi connectivity index (χ2n) is 4.68. The lowest BCUT2D eigenvalue weighted by atomic mass is 10.1. The van der Waals surface area contributed by atoms with Gasteiger partial charge < -0.3 is 5.11 Å². The molecule has 80 valence electrons. The van der Waals surface area contributed by atoms with E-state index >= 15 is 0 Å². The highest BCUT2D eigenvalue weighted by Crippen LogP contribution is 2.30. The molecule has 0 aromatic carbocycles. The first-order chi connectivity index (χ1) is 6.30. The zero-order valence-electron chi connectivity index (χ0n) is 9.59. The van der Waals surface area contributed by atoms with Gasteiger partial charge in [-0.25, -0.2) is 4.98 Å². The van der Waals surface area contributed by atoms with E-state index in [2.05, 4.69) is 18.8 Å². The highest BCUT2D eigenvalue weighted by Gasteiger charge is 2.22. The van der Waals surface area contributed by atoms with Crippen molar-refractivity contribution in [1.82, 2.24) is 4.98 Å². The minimum atomic E-state index is -0.753. The van der Waals surface area contributed by atoms with Gasteiger partial charge in [-0.05, 0) is 26.7 Å². The number of rotatable bonds is 3. The molecule has 14 heavy (non-hydrogen) atoms. The fourth-order valence-corrected chi connectivity index (χ4v) is 2.73. The van der Waals surface area contributed by atoms with E-state index in [0.717, 1.165) is 22.0 Å². The Morgan fingerprint density at radius 2 is 2.00 bits per heavy atom. The lowest BCUT2D eigenvalue weighted by Crippen LogP contribution is -2.14. The van der Waals surface area contributed by atoms with Crippen LogP contribution in [-0.2, 0) is 12.0 Å². The van der Waals surface area contributed by atoms with E-state index in [1.165, 1.54) is 0 Å². The number of aromatic nitrogens is 1. The summed E-state index contributed by atoms with van der Waals surface area (Å²) in [7, 11) is 0. The summed E-state index contributed by atoms with van der Waals surface area (Å²) in [6.07, 6.45) is 1.00. The summed E-state index contributed by atoms with van der Waals surface area (Å²) in [5.74, 6) is 0.621. The molecular formula is C11H19NOS. The number of hydrogen-bond acceptors (Lipinski definition) is 3. The summed E-state index contributed by atoms with van der Waals surface area (Å²) in [6.45, 7) is 9.95. The average molecular weight is 213 g/mol. The topological polar surface area (TPSA) is 33.1 Å². The van der Waals surface area contributed by atoms with Crippen LogP contribution < -0.4 is 0 Å². The van der Waals surface area contributed by atoms with Crippen LogP contribution in [0.3, 0.4) is 0 Å². The van der Waals surface area contributed by atoms with E-state index in [-0.39, 0.29) is 0 Å². The van der Waals surface area contributed by atoms with E-state index in [9.17, 15) is 5.11 Å². The van der Waals surface area contributed by atoms with E-state index in [1.54, 1.807) is 11.3 Å². The molecule has 0 saturated carbocycles. The molecule has 0 bridgehead atoms. The first-order valence-electron chi connectivity index (χ1n) is 5.00. The van der Waals surface area contributed by atoms with Gasteiger partial charge in [0, 0.05) is 6.42 Å². The normalized spacial score (nSPS) is 12.5. The minimum absolute atomic E-state index is 0.621. The van der Waals surface area contributed by atoms with Gasteiger partial charge >= 0.3 is 0 Å². The second-order valence-corrected chi connectivity index (χ2v) is 5.76. The lowest BCUT2D eigenvalue weighted by molar-refractivity contribution is 0.0817. The predicted molar refractivity (Wildman–Crippen MR) is 60.6 cm³/mol. The predicted octanol–water partition coefficient (Wildman–Crippen LogP) is 2.88. The molecule has 0 saturated heterocycles. The maximum Gasteiger partial charge on any atom is 0.0950 e. The van der Waals surface area contributed by atoms with E-state index in [4.69, 9.17) is 0 Å². The first-order valence-corrected chi connectivity index (χ1v) is 5.81. The third kappa shape index (κ3) is 2.79. The van der Waals surface area contributed by atoms with Gasteiger partial charge in [0.05, 0.1) is 21.2 Å². The number of nitrogens with zero attached hydrogens (tertiary/aromatic N) is 1. The molecule has 0 fully saturated rings. The van der Waals surface area contributed by atoms with E-state index in [0.29, 0.717) is 5.92 Å². The molecular weight excluding hydrogens is 194 g/mol. The third-order valence-corrected chi connectivity index (χ3v) is 3.47. The molecule has 0 aliphatic rings. The molecule has 1 aromatic rings. The van der Waals surface area contributed by atoms with Crippen LogP contribution in [-0.4, -0.2) is 10.1 Å². The standard InChI is InChI=1S/C11H19NOS/c1-7(2)6-9-12-8(3)10(14-9)11(4,5)13/h7,13H,6H2,1-5H3. The summed E-state index contributed by atoms with van der Waals surface area (Å²) in [5.41, 5.74) is 0.218. The van der Waals surface area contributed by atoms with Crippen molar-refractivity contribution >= 4 is 11.3 Å². The highest BCUT2D eigenvalue weighted by molar-refractivity contribution is 7.11. The molecule has 1 aromatic heterocycles. The Labute approximate surface area is 90.0 Å². The van der Waals surface area contributed by atoms with E-state index in [1.807, 2.05) is 20.8 Å². The summed E-state index contributed by atoms with van der Waals surface area (Å²) in [6, 6.07) is 0. The van der Waals surface area contributed by atoms with Gasteiger partial charge in [0.25, 0.3) is 0 Å². The van der Waals surface area contributed by atoms with Gasteiger partial charge in [-0.15, -0.1) is 11.3 Å². The summed E-state index contributed by atoms with van der Waals surface area (Å²) >= 11 is 1.63. The van der Waals surface area contributed by atoms with Crippen LogP contribution in [0.5, 0.6) is 0 Å². The maximum atomic E-state index is 9.89.